The molecule has 0 heterocycles. The van der Waals surface area contributed by atoms with Crippen molar-refractivity contribution in [3.05, 3.63) is 35.9 Å². The van der Waals surface area contributed by atoms with Gasteiger partial charge in [-0.15, -0.1) is 0 Å². The third kappa shape index (κ3) is 15.0. The SMILES string of the molecule is CCCCCCCCCCCCCCC[N+](C)(C)Cc1ccccc1.[I-]. The van der Waals surface area contributed by atoms with Gasteiger partial charge in [-0.2, -0.15) is 0 Å². The summed E-state index contributed by atoms with van der Waals surface area (Å²) in [5, 5.41) is 0. The first-order chi connectivity index (χ1) is 12.1. The molecule has 1 nitrogen and oxygen atoms in total. The van der Waals surface area contributed by atoms with E-state index in [1.165, 1.54) is 95.6 Å². The van der Waals surface area contributed by atoms with E-state index in [9.17, 15) is 0 Å². The molecule has 0 saturated heterocycles. The van der Waals surface area contributed by atoms with E-state index in [1.807, 2.05) is 0 Å². The zero-order valence-electron chi connectivity index (χ0n) is 17.8. The van der Waals surface area contributed by atoms with Crippen LogP contribution in [0.2, 0.25) is 0 Å². The number of hydrogen-bond acceptors (Lipinski definition) is 0. The Balaban J connectivity index is 0.00000625. The van der Waals surface area contributed by atoms with Gasteiger partial charge in [0.2, 0.25) is 0 Å². The molecule has 26 heavy (non-hydrogen) atoms. The third-order valence-corrected chi connectivity index (χ3v) is 5.32. The van der Waals surface area contributed by atoms with Crippen LogP contribution in [0.15, 0.2) is 30.3 Å². The first kappa shape index (κ1) is 25.9. The number of unbranched alkanes of at least 4 members (excludes halogenated alkanes) is 12. The molecule has 1 aromatic carbocycles. The number of nitrogens with zero attached hydrogens (tertiary/aromatic N) is 1. The summed E-state index contributed by atoms with van der Waals surface area (Å²) in [6, 6.07) is 10.9. The van der Waals surface area contributed by atoms with Crippen molar-refractivity contribution in [1.82, 2.24) is 0 Å². The maximum Gasteiger partial charge on any atom is 0.104 e. The molecule has 1 aromatic rings. The molecule has 0 aliphatic carbocycles. The third-order valence-electron chi connectivity index (χ3n) is 5.32. The molecule has 0 N–H and O–H groups in total. The van der Waals surface area contributed by atoms with E-state index in [0.29, 0.717) is 0 Å². The molecule has 0 saturated carbocycles. The Labute approximate surface area is 181 Å². The quantitative estimate of drug-likeness (QED) is 0.190. The molecule has 0 amide bonds. The molecule has 0 radical (unpaired) electrons. The Bertz CT molecular complexity index is 402. The molecule has 0 aliphatic rings. The summed E-state index contributed by atoms with van der Waals surface area (Å²) in [5.41, 5.74) is 1.46. The van der Waals surface area contributed by atoms with Crippen LogP contribution in [0.1, 0.15) is 96.0 Å². The second-order valence-electron chi connectivity index (χ2n) is 8.55. The van der Waals surface area contributed by atoms with Gasteiger partial charge in [0, 0.05) is 5.56 Å². The number of rotatable bonds is 16. The topological polar surface area (TPSA) is 0 Å². The summed E-state index contributed by atoms with van der Waals surface area (Å²) in [4.78, 5) is 0. The second-order valence-corrected chi connectivity index (χ2v) is 8.55. The Morgan fingerprint density at radius 3 is 1.50 bits per heavy atom. The molecule has 0 bridgehead atoms. The Morgan fingerprint density at radius 1 is 0.615 bits per heavy atom. The van der Waals surface area contributed by atoms with Gasteiger partial charge in [-0.1, -0.05) is 108 Å². The highest BCUT2D eigenvalue weighted by Gasteiger charge is 2.14. The normalized spacial score (nSPS) is 11.3. The number of benzene rings is 1. The van der Waals surface area contributed by atoms with E-state index in [1.54, 1.807) is 0 Å². The standard InChI is InChI=1S/C24H44N.HI/c1-4-5-6-7-8-9-10-11-12-13-14-15-19-22-25(2,3)23-24-20-17-16-18-21-24;/h16-18,20-21H,4-15,19,22-23H2,1-3H3;1H/q+1;/p-1. The predicted octanol–water partition coefficient (Wildman–Crippen LogP) is 4.36. The first-order valence-electron chi connectivity index (χ1n) is 11.0. The average molecular weight is 474 g/mol. The minimum atomic E-state index is 0. The van der Waals surface area contributed by atoms with Gasteiger partial charge in [-0.25, -0.2) is 0 Å². The predicted molar refractivity (Wildman–Crippen MR) is 113 cm³/mol. The van der Waals surface area contributed by atoms with Crippen LogP contribution >= 0.6 is 0 Å². The van der Waals surface area contributed by atoms with Crippen LogP contribution in [0, 0.1) is 0 Å². The van der Waals surface area contributed by atoms with Crippen LogP contribution in [-0.2, 0) is 6.54 Å². The molecular weight excluding hydrogens is 429 g/mol. The fourth-order valence-electron chi connectivity index (χ4n) is 3.71. The summed E-state index contributed by atoms with van der Waals surface area (Å²) in [5.74, 6) is 0. The summed E-state index contributed by atoms with van der Waals surface area (Å²) in [6.45, 7) is 4.75. The zero-order valence-corrected chi connectivity index (χ0v) is 20.0. The van der Waals surface area contributed by atoms with Crippen molar-refractivity contribution in [2.75, 3.05) is 20.6 Å². The lowest BCUT2D eigenvalue weighted by Crippen LogP contribution is -3.00. The van der Waals surface area contributed by atoms with E-state index >= 15 is 0 Å². The Kier molecular flexibility index (Phi) is 17.0. The van der Waals surface area contributed by atoms with Gasteiger partial charge in [0.15, 0.2) is 0 Å². The van der Waals surface area contributed by atoms with Crippen LogP contribution in [0.25, 0.3) is 0 Å². The minimum Gasteiger partial charge on any atom is -1.00 e. The van der Waals surface area contributed by atoms with Gasteiger partial charge in [0.25, 0.3) is 0 Å². The van der Waals surface area contributed by atoms with Gasteiger partial charge in [0.05, 0.1) is 20.6 Å². The van der Waals surface area contributed by atoms with Gasteiger partial charge in [-0.3, -0.25) is 0 Å². The Morgan fingerprint density at radius 2 is 1.04 bits per heavy atom. The van der Waals surface area contributed by atoms with E-state index in [0.717, 1.165) is 11.0 Å². The molecule has 0 atom stereocenters. The van der Waals surface area contributed by atoms with Crippen LogP contribution in [0.4, 0.5) is 0 Å². The van der Waals surface area contributed by atoms with Gasteiger partial charge in [-0.05, 0) is 12.8 Å². The van der Waals surface area contributed by atoms with Crippen molar-refractivity contribution < 1.29 is 28.5 Å². The molecule has 2 heteroatoms. The molecule has 0 unspecified atom stereocenters. The summed E-state index contributed by atoms with van der Waals surface area (Å²) in [7, 11) is 4.74. The maximum absolute atomic E-state index is 2.37. The summed E-state index contributed by atoms with van der Waals surface area (Å²) < 4.78 is 1.11. The average Bonchev–Trinajstić information content (AvgIpc) is 2.59. The van der Waals surface area contributed by atoms with Crippen molar-refractivity contribution in [2.45, 2.75) is 96.9 Å². The molecular formula is C24H44IN. The van der Waals surface area contributed by atoms with Crippen molar-refractivity contribution in [3.8, 4) is 0 Å². The molecule has 152 valence electrons. The lowest BCUT2D eigenvalue weighted by Gasteiger charge is -2.30. The lowest BCUT2D eigenvalue weighted by molar-refractivity contribution is -0.903. The molecule has 0 aliphatic heterocycles. The van der Waals surface area contributed by atoms with Crippen molar-refractivity contribution in [3.63, 3.8) is 0 Å². The number of quaternary nitrogens is 1. The highest BCUT2D eigenvalue weighted by molar-refractivity contribution is 5.13. The highest BCUT2D eigenvalue weighted by atomic mass is 127. The number of halogens is 1. The van der Waals surface area contributed by atoms with Crippen LogP contribution in [0.3, 0.4) is 0 Å². The van der Waals surface area contributed by atoms with Crippen molar-refractivity contribution >= 4 is 0 Å². The smallest absolute Gasteiger partial charge is 0.104 e. The minimum absolute atomic E-state index is 0. The van der Waals surface area contributed by atoms with Gasteiger partial charge < -0.3 is 28.5 Å². The Hall–Kier alpha value is -0.0900. The van der Waals surface area contributed by atoms with Crippen LogP contribution in [-0.4, -0.2) is 25.1 Å². The number of hydrogen-bond donors (Lipinski definition) is 0. The molecule has 0 spiro atoms. The summed E-state index contributed by atoms with van der Waals surface area (Å²) in [6.07, 6.45) is 18.7. The van der Waals surface area contributed by atoms with E-state index in [2.05, 4.69) is 51.4 Å². The van der Waals surface area contributed by atoms with Gasteiger partial charge in [0.1, 0.15) is 6.54 Å². The van der Waals surface area contributed by atoms with Crippen LogP contribution in [0.5, 0.6) is 0 Å². The summed E-state index contributed by atoms with van der Waals surface area (Å²) >= 11 is 0. The highest BCUT2D eigenvalue weighted by Crippen LogP contribution is 2.14. The maximum atomic E-state index is 2.37. The van der Waals surface area contributed by atoms with Crippen LogP contribution < -0.4 is 24.0 Å². The van der Waals surface area contributed by atoms with Crippen molar-refractivity contribution in [2.24, 2.45) is 0 Å². The van der Waals surface area contributed by atoms with Crippen molar-refractivity contribution in [1.29, 1.82) is 0 Å². The van der Waals surface area contributed by atoms with E-state index in [4.69, 9.17) is 0 Å². The lowest BCUT2D eigenvalue weighted by atomic mass is 10.0. The first-order valence-corrected chi connectivity index (χ1v) is 11.0. The molecule has 1 rings (SSSR count). The molecule has 0 fully saturated rings. The van der Waals surface area contributed by atoms with Gasteiger partial charge >= 0.3 is 0 Å². The monoisotopic (exact) mass is 473 g/mol. The fourth-order valence-corrected chi connectivity index (χ4v) is 3.71. The zero-order chi connectivity index (χ0) is 18.2. The fraction of sp³-hybridized carbons (Fsp3) is 0.750. The largest absolute Gasteiger partial charge is 1.00 e. The van der Waals surface area contributed by atoms with E-state index in [-0.39, 0.29) is 24.0 Å². The van der Waals surface area contributed by atoms with E-state index < -0.39 is 0 Å². The molecule has 0 aromatic heterocycles. The second kappa shape index (κ2) is 17.0.